The van der Waals surface area contributed by atoms with Crippen LogP contribution in [0.25, 0.3) is 0 Å². The molecule has 2 aliphatic rings. The zero-order valence-corrected chi connectivity index (χ0v) is 18.9. The number of rotatable bonds is 6. The average Bonchev–Trinajstić information content (AvgIpc) is 2.90. The predicted octanol–water partition coefficient (Wildman–Crippen LogP) is 2.67. The number of pyridine rings is 1. The van der Waals surface area contributed by atoms with Crippen LogP contribution < -0.4 is 10.1 Å². The molecular formula is C25H33N3O4. The first-order chi connectivity index (χ1) is 15.4. The van der Waals surface area contributed by atoms with Crippen LogP contribution >= 0.6 is 0 Å². The molecule has 4 rings (SSSR count). The topological polar surface area (TPSA) is 83.9 Å². The second-order valence-corrected chi connectivity index (χ2v) is 9.12. The summed E-state index contributed by atoms with van der Waals surface area (Å²) in [6.45, 7) is 5.81. The van der Waals surface area contributed by atoms with Gasteiger partial charge in [0.05, 0.1) is 30.0 Å². The monoisotopic (exact) mass is 439 g/mol. The van der Waals surface area contributed by atoms with E-state index in [4.69, 9.17) is 9.47 Å². The van der Waals surface area contributed by atoms with Crippen molar-refractivity contribution in [1.82, 2.24) is 15.2 Å². The van der Waals surface area contributed by atoms with E-state index in [9.17, 15) is 9.90 Å². The zero-order chi connectivity index (χ0) is 22.6. The maximum Gasteiger partial charge on any atom is 0.217 e. The van der Waals surface area contributed by atoms with E-state index in [1.807, 2.05) is 30.3 Å². The van der Waals surface area contributed by atoms with Crippen molar-refractivity contribution in [2.75, 3.05) is 13.2 Å². The number of aromatic nitrogens is 1. The second kappa shape index (κ2) is 9.98. The first-order valence-electron chi connectivity index (χ1n) is 11.4. The van der Waals surface area contributed by atoms with Crippen molar-refractivity contribution in [3.8, 4) is 5.75 Å². The quantitative estimate of drug-likeness (QED) is 0.720. The van der Waals surface area contributed by atoms with Crippen molar-refractivity contribution in [3.05, 3.63) is 59.9 Å². The van der Waals surface area contributed by atoms with Gasteiger partial charge in [0.15, 0.2) is 0 Å². The average molecular weight is 440 g/mol. The van der Waals surface area contributed by atoms with Crippen LogP contribution in [0.5, 0.6) is 5.75 Å². The van der Waals surface area contributed by atoms with Crippen LogP contribution in [0.4, 0.5) is 0 Å². The number of nitrogens with one attached hydrogen (secondary N) is 1. The van der Waals surface area contributed by atoms with Gasteiger partial charge in [0.2, 0.25) is 5.91 Å². The van der Waals surface area contributed by atoms with E-state index in [-0.39, 0.29) is 18.1 Å². The minimum absolute atomic E-state index is 0.0648. The van der Waals surface area contributed by atoms with Gasteiger partial charge in [-0.05, 0) is 62.6 Å². The maximum atomic E-state index is 11.6. The number of benzene rings is 1. The number of hydrogen-bond donors (Lipinski definition) is 2. The molecule has 3 heterocycles. The van der Waals surface area contributed by atoms with Crippen LogP contribution in [0, 0.1) is 0 Å². The lowest BCUT2D eigenvalue weighted by molar-refractivity contribution is -0.122. The lowest BCUT2D eigenvalue weighted by atomic mass is 9.85. The summed E-state index contributed by atoms with van der Waals surface area (Å²) in [6, 6.07) is 13.7. The number of likely N-dealkylation sites (tertiary alicyclic amines) is 1. The van der Waals surface area contributed by atoms with Crippen molar-refractivity contribution in [2.24, 2.45) is 0 Å². The summed E-state index contributed by atoms with van der Waals surface area (Å²) in [5, 5.41) is 14.0. The van der Waals surface area contributed by atoms with Crippen LogP contribution in [-0.4, -0.2) is 57.8 Å². The fourth-order valence-corrected chi connectivity index (χ4v) is 4.71. The number of hydrogen-bond acceptors (Lipinski definition) is 6. The van der Waals surface area contributed by atoms with Gasteiger partial charge in [-0.25, -0.2) is 0 Å². The van der Waals surface area contributed by atoms with E-state index in [0.29, 0.717) is 19.6 Å². The Morgan fingerprint density at radius 1 is 1.31 bits per heavy atom. The zero-order valence-electron chi connectivity index (χ0n) is 18.9. The van der Waals surface area contributed by atoms with E-state index in [0.717, 1.165) is 37.4 Å². The highest BCUT2D eigenvalue weighted by Gasteiger charge is 2.44. The third-order valence-electron chi connectivity index (χ3n) is 6.48. The molecule has 2 saturated heterocycles. The number of amides is 1. The predicted molar refractivity (Wildman–Crippen MR) is 121 cm³/mol. The molecule has 7 heteroatoms. The summed E-state index contributed by atoms with van der Waals surface area (Å²) >= 11 is 0. The lowest BCUT2D eigenvalue weighted by Crippen LogP contribution is -2.55. The maximum absolute atomic E-state index is 11.6. The minimum atomic E-state index is -1.02. The molecule has 2 fully saturated rings. The van der Waals surface area contributed by atoms with Gasteiger partial charge in [0.25, 0.3) is 0 Å². The van der Waals surface area contributed by atoms with Crippen molar-refractivity contribution in [2.45, 2.75) is 70.1 Å². The lowest BCUT2D eigenvalue weighted by Gasteiger charge is -2.42. The number of aliphatic hydroxyl groups is 1. The molecule has 0 bridgehead atoms. The van der Waals surface area contributed by atoms with Crippen molar-refractivity contribution < 1.29 is 19.4 Å². The number of carbonyl (C=O) groups excluding carboxylic acids is 1. The van der Waals surface area contributed by atoms with Crippen LogP contribution in [0.1, 0.15) is 44.4 Å². The Kier molecular flexibility index (Phi) is 7.08. The molecule has 0 spiro atoms. The van der Waals surface area contributed by atoms with E-state index in [1.165, 1.54) is 12.5 Å². The number of piperidine rings is 1. The van der Waals surface area contributed by atoms with Crippen molar-refractivity contribution in [3.63, 3.8) is 0 Å². The third kappa shape index (κ3) is 5.65. The van der Waals surface area contributed by atoms with Gasteiger partial charge >= 0.3 is 0 Å². The second-order valence-electron chi connectivity index (χ2n) is 9.12. The largest absolute Gasteiger partial charge is 0.487 e. The molecule has 2 aliphatic heterocycles. The Labute approximate surface area is 189 Å². The van der Waals surface area contributed by atoms with Gasteiger partial charge in [0, 0.05) is 25.7 Å². The van der Waals surface area contributed by atoms with Gasteiger partial charge in [-0.3, -0.25) is 14.7 Å². The molecule has 0 aliphatic carbocycles. The molecule has 1 aromatic heterocycles. The van der Waals surface area contributed by atoms with Gasteiger partial charge < -0.3 is 19.9 Å². The Bertz CT molecular complexity index is 888. The van der Waals surface area contributed by atoms with Crippen molar-refractivity contribution >= 4 is 5.91 Å². The molecule has 0 unspecified atom stereocenters. The standard InChI is InChI=1S/C25H33N3O4/c1-18(29)27-24-17-32-23-7-5-13-28(22(23)14-25(24,2)30)15-19-8-10-21(11-9-19)31-16-20-6-3-4-12-26-20/h3-4,6,8-12,22-24,30H,5,7,13-17H2,1-2H3,(H,27,29)/t22-,23-,24-,25-/m1/s1. The highest BCUT2D eigenvalue weighted by Crippen LogP contribution is 2.33. The number of nitrogens with zero attached hydrogens (tertiary/aromatic N) is 2. The molecule has 4 atom stereocenters. The molecule has 0 saturated carbocycles. The summed E-state index contributed by atoms with van der Waals surface area (Å²) < 4.78 is 12.0. The van der Waals surface area contributed by atoms with Gasteiger partial charge in [-0.2, -0.15) is 0 Å². The molecule has 1 aromatic carbocycles. The molecule has 2 aromatic rings. The summed E-state index contributed by atoms with van der Waals surface area (Å²) in [4.78, 5) is 18.3. The third-order valence-corrected chi connectivity index (χ3v) is 6.48. The molecule has 0 radical (unpaired) electrons. The normalized spacial score (nSPS) is 28.4. The van der Waals surface area contributed by atoms with E-state index in [2.05, 4.69) is 27.3 Å². The molecule has 7 nitrogen and oxygen atoms in total. The Hall–Kier alpha value is -2.48. The smallest absolute Gasteiger partial charge is 0.217 e. The Balaban J connectivity index is 1.39. The van der Waals surface area contributed by atoms with Crippen molar-refractivity contribution in [1.29, 1.82) is 0 Å². The fourth-order valence-electron chi connectivity index (χ4n) is 4.71. The van der Waals surface area contributed by atoms with Gasteiger partial charge in [-0.1, -0.05) is 18.2 Å². The van der Waals surface area contributed by atoms with Crippen LogP contribution in [0.3, 0.4) is 0 Å². The minimum Gasteiger partial charge on any atom is -0.487 e. The Morgan fingerprint density at radius 3 is 2.84 bits per heavy atom. The number of ether oxygens (including phenoxy) is 2. The molecule has 172 valence electrons. The van der Waals surface area contributed by atoms with E-state index in [1.54, 1.807) is 13.1 Å². The fraction of sp³-hybridized carbons (Fsp3) is 0.520. The van der Waals surface area contributed by atoms with Gasteiger partial charge in [0.1, 0.15) is 12.4 Å². The van der Waals surface area contributed by atoms with Crippen LogP contribution in [0.15, 0.2) is 48.7 Å². The molecule has 32 heavy (non-hydrogen) atoms. The highest BCUT2D eigenvalue weighted by molar-refractivity contribution is 5.73. The molecule has 1 amide bonds. The first-order valence-corrected chi connectivity index (χ1v) is 11.4. The molecule has 2 N–H and O–H groups in total. The van der Waals surface area contributed by atoms with Gasteiger partial charge in [-0.15, -0.1) is 0 Å². The summed E-state index contributed by atoms with van der Waals surface area (Å²) in [5.41, 5.74) is 1.07. The van der Waals surface area contributed by atoms with E-state index < -0.39 is 11.6 Å². The number of fused-ring (bicyclic) bond motifs is 1. The van der Waals surface area contributed by atoms with E-state index >= 15 is 0 Å². The van der Waals surface area contributed by atoms with Crippen LogP contribution in [-0.2, 0) is 22.7 Å². The molecular weight excluding hydrogens is 406 g/mol. The first kappa shape index (κ1) is 22.7. The summed E-state index contributed by atoms with van der Waals surface area (Å²) in [7, 11) is 0. The summed E-state index contributed by atoms with van der Waals surface area (Å²) in [5.74, 6) is 0.667. The Morgan fingerprint density at radius 2 is 2.12 bits per heavy atom. The summed E-state index contributed by atoms with van der Waals surface area (Å²) in [6.07, 6.45) is 4.42. The van der Waals surface area contributed by atoms with Crippen LogP contribution in [0.2, 0.25) is 0 Å². The highest BCUT2D eigenvalue weighted by atomic mass is 16.5. The SMILES string of the molecule is CC(=O)N[C@@H]1CO[C@@H]2CCCN(Cc3ccc(OCc4ccccn4)cc3)[C@@H]2C[C@@]1(C)O. The number of carbonyl (C=O) groups is 1.